The minimum Gasteiger partial charge on any atom is -0.462 e. The third kappa shape index (κ3) is 3.55. The predicted octanol–water partition coefficient (Wildman–Crippen LogP) is 2.99. The number of carbonyl (C=O) groups is 1. The summed E-state index contributed by atoms with van der Waals surface area (Å²) in [5, 5.41) is 0. The molecule has 2 heterocycles. The molecule has 4 atom stereocenters. The van der Waals surface area contributed by atoms with E-state index in [1.165, 1.54) is 36.3 Å². The summed E-state index contributed by atoms with van der Waals surface area (Å²) < 4.78 is 19.1. The molecular weight excluding hydrogens is 379 g/mol. The zero-order chi connectivity index (χ0) is 20.9. The van der Waals surface area contributed by atoms with Gasteiger partial charge >= 0.3 is 5.97 Å². The van der Waals surface area contributed by atoms with Crippen LogP contribution < -0.4 is 9.80 Å². The van der Waals surface area contributed by atoms with Gasteiger partial charge in [-0.3, -0.25) is 4.79 Å². The Hall–Kier alpha value is -1.88. The number of nitrogens with zero attached hydrogens (tertiary/aromatic N) is 1. The molecule has 4 aliphatic rings. The van der Waals surface area contributed by atoms with E-state index >= 15 is 0 Å². The number of anilines is 1. The first-order valence-electron chi connectivity index (χ1n) is 11.7. The van der Waals surface area contributed by atoms with E-state index in [1.54, 1.807) is 11.1 Å². The van der Waals surface area contributed by atoms with Crippen molar-refractivity contribution in [1.29, 1.82) is 0 Å². The van der Waals surface area contributed by atoms with E-state index in [1.807, 2.05) is 12.1 Å². The van der Waals surface area contributed by atoms with E-state index in [-0.39, 0.29) is 29.2 Å². The van der Waals surface area contributed by atoms with Gasteiger partial charge in [0.1, 0.15) is 17.8 Å². The van der Waals surface area contributed by atoms with Crippen LogP contribution in [0.5, 0.6) is 0 Å². The molecule has 2 saturated heterocycles. The van der Waals surface area contributed by atoms with Gasteiger partial charge in [0.05, 0.1) is 32.7 Å². The van der Waals surface area contributed by atoms with Gasteiger partial charge in [-0.15, -0.1) is 0 Å². The third-order valence-electron chi connectivity index (χ3n) is 8.35. The number of hydrogen-bond acceptors (Lipinski definition) is 3. The summed E-state index contributed by atoms with van der Waals surface area (Å²) in [7, 11) is 0. The number of fused-ring (bicyclic) bond motifs is 2. The smallest absolute Gasteiger partial charge is 0.315 e. The normalized spacial score (nSPS) is 34.6. The van der Waals surface area contributed by atoms with Crippen LogP contribution in [-0.2, 0) is 9.53 Å². The number of piperazine rings is 1. The Morgan fingerprint density at radius 3 is 2.70 bits per heavy atom. The van der Waals surface area contributed by atoms with E-state index in [2.05, 4.69) is 18.7 Å². The molecule has 162 valence electrons. The molecule has 1 aromatic carbocycles. The Morgan fingerprint density at radius 2 is 1.97 bits per heavy atom. The van der Waals surface area contributed by atoms with Crippen molar-refractivity contribution in [3.63, 3.8) is 0 Å². The monoisotopic (exact) mass is 413 g/mol. The highest BCUT2D eigenvalue weighted by Gasteiger charge is 2.54. The van der Waals surface area contributed by atoms with Crippen LogP contribution in [0, 0.1) is 23.1 Å². The van der Waals surface area contributed by atoms with Gasteiger partial charge in [-0.25, -0.2) is 4.39 Å². The molecule has 0 spiro atoms. The standard InChI is InChI=1S/C25H33FN2O2/c1-17-4-3-9-25(2)15-23-20(14-22(17)25)21(24(29)30-23)16-27-10-12-28(13-11-27)19-7-5-18(26)6-8-19/h5-8,20-21,23H,3-4,9-16H2,1-2H3/p+1/t20-,21+,23-,25-/m1/s1. The SMILES string of the molecule is CC1=C2C[C@@H]3[C@H](C[NH+]4CCN(c5ccc(F)cc5)CC4)C(=O)O[C@@H]3C[C@@]2(C)CCC1. The second-order valence-electron chi connectivity index (χ2n) is 10.2. The van der Waals surface area contributed by atoms with E-state index in [4.69, 9.17) is 4.74 Å². The highest BCUT2D eigenvalue weighted by molar-refractivity contribution is 5.75. The summed E-state index contributed by atoms with van der Waals surface area (Å²) in [5.74, 6) is 0.244. The summed E-state index contributed by atoms with van der Waals surface area (Å²) in [6.45, 7) is 9.50. The van der Waals surface area contributed by atoms with Crippen molar-refractivity contribution in [2.75, 3.05) is 37.6 Å². The molecular formula is C25H34FN2O2+. The van der Waals surface area contributed by atoms with Crippen LogP contribution in [0.2, 0.25) is 0 Å². The number of benzene rings is 1. The van der Waals surface area contributed by atoms with Gasteiger partial charge in [0.15, 0.2) is 0 Å². The average molecular weight is 414 g/mol. The largest absolute Gasteiger partial charge is 0.462 e. The van der Waals surface area contributed by atoms with Crippen LogP contribution in [0.3, 0.4) is 0 Å². The van der Waals surface area contributed by atoms with Gasteiger partial charge in [0, 0.05) is 11.6 Å². The molecule has 2 aliphatic heterocycles. The summed E-state index contributed by atoms with van der Waals surface area (Å²) in [6, 6.07) is 6.78. The maximum absolute atomic E-state index is 13.2. The van der Waals surface area contributed by atoms with Crippen molar-refractivity contribution in [2.24, 2.45) is 17.3 Å². The molecule has 3 fully saturated rings. The molecule has 2 aliphatic carbocycles. The fourth-order valence-electron chi connectivity index (χ4n) is 6.59. The number of hydrogen-bond donors (Lipinski definition) is 1. The first-order valence-corrected chi connectivity index (χ1v) is 11.7. The van der Waals surface area contributed by atoms with Crippen molar-refractivity contribution in [3.05, 3.63) is 41.2 Å². The van der Waals surface area contributed by atoms with Crippen molar-refractivity contribution >= 4 is 11.7 Å². The van der Waals surface area contributed by atoms with Gasteiger partial charge in [-0.1, -0.05) is 18.1 Å². The Kier molecular flexibility index (Phi) is 5.12. The maximum atomic E-state index is 13.2. The van der Waals surface area contributed by atoms with Crippen LogP contribution in [0.25, 0.3) is 0 Å². The fraction of sp³-hybridized carbons (Fsp3) is 0.640. The van der Waals surface area contributed by atoms with Crippen LogP contribution in [0.15, 0.2) is 35.4 Å². The lowest BCUT2D eigenvalue weighted by Crippen LogP contribution is -3.15. The van der Waals surface area contributed by atoms with Crippen molar-refractivity contribution < 1.29 is 18.8 Å². The minimum absolute atomic E-state index is 0.0362. The zero-order valence-corrected chi connectivity index (χ0v) is 18.3. The van der Waals surface area contributed by atoms with Crippen LogP contribution >= 0.6 is 0 Å². The van der Waals surface area contributed by atoms with E-state index in [9.17, 15) is 9.18 Å². The maximum Gasteiger partial charge on any atom is 0.315 e. The van der Waals surface area contributed by atoms with Gasteiger partial charge in [-0.05, 0) is 68.7 Å². The van der Waals surface area contributed by atoms with E-state index < -0.39 is 0 Å². The number of esters is 1. The molecule has 0 radical (unpaired) electrons. The molecule has 1 N–H and O–H groups in total. The summed E-state index contributed by atoms with van der Waals surface area (Å²) >= 11 is 0. The predicted molar refractivity (Wildman–Crippen MR) is 115 cm³/mol. The molecule has 5 heteroatoms. The number of rotatable bonds is 3. The van der Waals surface area contributed by atoms with Gasteiger partial charge in [-0.2, -0.15) is 0 Å². The molecule has 0 aromatic heterocycles. The van der Waals surface area contributed by atoms with E-state index in [0.717, 1.165) is 51.3 Å². The minimum atomic E-state index is -0.191. The van der Waals surface area contributed by atoms with E-state index in [0.29, 0.717) is 5.92 Å². The number of carbonyl (C=O) groups excluding carboxylic acids is 1. The summed E-state index contributed by atoms with van der Waals surface area (Å²) in [5.41, 5.74) is 4.53. The molecule has 0 unspecified atom stereocenters. The average Bonchev–Trinajstić information content (AvgIpc) is 3.01. The van der Waals surface area contributed by atoms with Crippen LogP contribution in [0.1, 0.15) is 46.0 Å². The summed E-state index contributed by atoms with van der Waals surface area (Å²) in [6.07, 6.45) is 5.91. The number of nitrogens with one attached hydrogen (secondary N) is 1. The zero-order valence-electron chi connectivity index (χ0n) is 18.3. The second kappa shape index (κ2) is 7.67. The first kappa shape index (κ1) is 20.0. The second-order valence-corrected chi connectivity index (χ2v) is 10.2. The Labute approximate surface area is 179 Å². The topological polar surface area (TPSA) is 34.0 Å². The quantitative estimate of drug-likeness (QED) is 0.611. The Balaban J connectivity index is 1.24. The number of ether oxygens (including phenoxy) is 1. The molecule has 5 rings (SSSR count). The van der Waals surface area contributed by atoms with Crippen molar-refractivity contribution in [2.45, 2.75) is 52.1 Å². The van der Waals surface area contributed by atoms with Gasteiger partial charge in [0.2, 0.25) is 0 Å². The molecule has 0 bridgehead atoms. The Morgan fingerprint density at radius 1 is 1.23 bits per heavy atom. The molecule has 30 heavy (non-hydrogen) atoms. The van der Waals surface area contributed by atoms with Gasteiger partial charge < -0.3 is 14.5 Å². The fourth-order valence-corrected chi connectivity index (χ4v) is 6.59. The molecule has 1 saturated carbocycles. The van der Waals surface area contributed by atoms with Crippen LogP contribution in [0.4, 0.5) is 10.1 Å². The lowest BCUT2D eigenvalue weighted by atomic mass is 9.59. The number of quaternary nitrogens is 1. The Bertz CT molecular complexity index is 843. The van der Waals surface area contributed by atoms with Crippen molar-refractivity contribution in [3.8, 4) is 0 Å². The van der Waals surface area contributed by atoms with Crippen molar-refractivity contribution in [1.82, 2.24) is 0 Å². The number of allylic oxidation sites excluding steroid dienone is 2. The summed E-state index contributed by atoms with van der Waals surface area (Å²) in [4.78, 5) is 16.6. The molecule has 1 aromatic rings. The lowest BCUT2D eigenvalue weighted by molar-refractivity contribution is -0.903. The molecule has 4 nitrogen and oxygen atoms in total. The highest BCUT2D eigenvalue weighted by Crippen LogP contribution is 2.54. The lowest BCUT2D eigenvalue weighted by Gasteiger charge is -2.45. The van der Waals surface area contributed by atoms with Gasteiger partial charge in [0.25, 0.3) is 0 Å². The third-order valence-corrected chi connectivity index (χ3v) is 8.35. The highest BCUT2D eigenvalue weighted by atomic mass is 19.1. The first-order chi connectivity index (χ1) is 14.4. The number of halogens is 1. The molecule has 0 amide bonds. The van der Waals surface area contributed by atoms with Crippen LogP contribution in [-0.4, -0.2) is 44.8 Å².